The van der Waals surface area contributed by atoms with E-state index >= 15 is 0 Å². The van der Waals surface area contributed by atoms with Crippen molar-refractivity contribution in [2.75, 3.05) is 11.1 Å². The van der Waals surface area contributed by atoms with Crippen LogP contribution in [0, 0.1) is 6.92 Å². The summed E-state index contributed by atoms with van der Waals surface area (Å²) in [6.07, 6.45) is 0.428. The molecule has 0 spiro atoms. The summed E-state index contributed by atoms with van der Waals surface area (Å²) in [5.41, 5.74) is 11.2. The van der Waals surface area contributed by atoms with Gasteiger partial charge in [0.2, 0.25) is 0 Å². The number of nitrogens with one attached hydrogen (secondary N) is 2. The van der Waals surface area contributed by atoms with Gasteiger partial charge >= 0.3 is 6.18 Å². The third-order valence-electron chi connectivity index (χ3n) is 6.51. The number of halogens is 3. The lowest BCUT2D eigenvalue weighted by Gasteiger charge is -2.16. The van der Waals surface area contributed by atoms with E-state index in [9.17, 15) is 18.0 Å². The van der Waals surface area contributed by atoms with Crippen LogP contribution in [0.2, 0.25) is 0 Å². The first-order valence-electron chi connectivity index (χ1n) is 11.5. The van der Waals surface area contributed by atoms with E-state index in [2.05, 4.69) is 15.5 Å². The Hall–Kier alpha value is -3.88. The molecule has 1 aliphatic carbocycles. The molecule has 2 aromatic carbocycles. The maximum absolute atomic E-state index is 13.1. The summed E-state index contributed by atoms with van der Waals surface area (Å²) in [6.45, 7) is 1.96. The van der Waals surface area contributed by atoms with Gasteiger partial charge in [-0.05, 0) is 79.6 Å². The zero-order valence-corrected chi connectivity index (χ0v) is 19.1. The lowest BCUT2D eigenvalue weighted by atomic mass is 9.93. The number of nitrogens with two attached hydrogens (primary N) is 1. The average molecular weight is 480 g/mol. The van der Waals surface area contributed by atoms with Crippen molar-refractivity contribution in [1.29, 1.82) is 0 Å². The summed E-state index contributed by atoms with van der Waals surface area (Å²) in [5, 5.41) is 10.7. The summed E-state index contributed by atoms with van der Waals surface area (Å²) in [4.78, 5) is 17.6. The van der Waals surface area contributed by atoms with Crippen LogP contribution < -0.4 is 11.1 Å². The summed E-state index contributed by atoms with van der Waals surface area (Å²) >= 11 is 0. The van der Waals surface area contributed by atoms with Gasteiger partial charge in [0, 0.05) is 16.8 Å². The van der Waals surface area contributed by atoms with Crippen LogP contribution in [0.25, 0.3) is 22.3 Å². The van der Waals surface area contributed by atoms with Crippen molar-refractivity contribution >= 4 is 28.4 Å². The number of nitrogen functional groups attached to an aromatic ring is 1. The number of aromatic nitrogens is 3. The van der Waals surface area contributed by atoms with E-state index in [1.165, 1.54) is 12.1 Å². The molecular weight excluding hydrogens is 455 g/mol. The summed E-state index contributed by atoms with van der Waals surface area (Å²) < 4.78 is 39.2. The lowest BCUT2D eigenvalue weighted by Crippen LogP contribution is -2.14. The first kappa shape index (κ1) is 22.9. The zero-order chi connectivity index (χ0) is 24.7. The first-order chi connectivity index (χ1) is 16.7. The zero-order valence-electron chi connectivity index (χ0n) is 19.1. The quantitative estimate of drug-likeness (QED) is 0.311. The monoisotopic (exact) mass is 479 g/mol. The van der Waals surface area contributed by atoms with Gasteiger partial charge in [-0.25, -0.2) is 4.98 Å². The fourth-order valence-corrected chi connectivity index (χ4v) is 4.74. The number of hydrogen-bond acceptors (Lipinski definition) is 4. The number of alkyl halides is 3. The topological polar surface area (TPSA) is 96.7 Å². The number of aromatic amines is 1. The SMILES string of the molecule is Cc1ccc(NC(=O)c2cccc(C(F)(F)F)c2)cc1-c1nc2[nH]nc(N)c2c2c1CCCCC2. The largest absolute Gasteiger partial charge is 0.416 e. The Morgan fingerprint density at radius 2 is 1.83 bits per heavy atom. The third-order valence-corrected chi connectivity index (χ3v) is 6.51. The molecule has 0 bridgehead atoms. The van der Waals surface area contributed by atoms with Crippen molar-refractivity contribution < 1.29 is 18.0 Å². The summed E-state index contributed by atoms with van der Waals surface area (Å²) in [7, 11) is 0. The van der Waals surface area contributed by atoms with Crippen LogP contribution in [-0.2, 0) is 19.0 Å². The second kappa shape index (κ2) is 8.72. The number of nitrogens with zero attached hydrogens (tertiary/aromatic N) is 2. The number of amides is 1. The van der Waals surface area contributed by atoms with Gasteiger partial charge < -0.3 is 11.1 Å². The number of anilines is 2. The maximum atomic E-state index is 13.1. The van der Waals surface area contributed by atoms with E-state index in [1.54, 1.807) is 6.07 Å². The Bertz CT molecular complexity index is 1440. The molecule has 180 valence electrons. The molecule has 0 fully saturated rings. The molecule has 0 aliphatic heterocycles. The Balaban J connectivity index is 1.55. The van der Waals surface area contributed by atoms with E-state index in [0.29, 0.717) is 17.2 Å². The van der Waals surface area contributed by atoms with Crippen LogP contribution in [0.3, 0.4) is 0 Å². The Morgan fingerprint density at radius 3 is 2.60 bits per heavy atom. The smallest absolute Gasteiger partial charge is 0.382 e. The molecule has 35 heavy (non-hydrogen) atoms. The predicted molar refractivity (Wildman–Crippen MR) is 129 cm³/mol. The number of pyridine rings is 1. The van der Waals surface area contributed by atoms with Gasteiger partial charge in [-0.15, -0.1) is 0 Å². The molecule has 9 heteroatoms. The van der Waals surface area contributed by atoms with E-state index in [1.807, 2.05) is 19.1 Å². The van der Waals surface area contributed by atoms with E-state index < -0.39 is 17.6 Å². The second-order valence-electron chi connectivity index (χ2n) is 8.87. The molecule has 0 unspecified atom stereocenters. The van der Waals surface area contributed by atoms with E-state index in [0.717, 1.165) is 77.6 Å². The number of benzene rings is 2. The van der Waals surface area contributed by atoms with Crippen LogP contribution in [0.15, 0.2) is 42.5 Å². The number of aryl methyl sites for hydroxylation is 2. The van der Waals surface area contributed by atoms with Crippen molar-refractivity contribution in [3.05, 3.63) is 70.3 Å². The van der Waals surface area contributed by atoms with Crippen molar-refractivity contribution in [3.8, 4) is 11.3 Å². The number of fused-ring (bicyclic) bond motifs is 3. The highest BCUT2D eigenvalue weighted by molar-refractivity contribution is 6.04. The van der Waals surface area contributed by atoms with Crippen LogP contribution in [0.1, 0.15) is 51.9 Å². The van der Waals surface area contributed by atoms with Gasteiger partial charge in [0.15, 0.2) is 11.5 Å². The standard InChI is InChI=1S/C26H24F3N5O/c1-14-10-11-17(31-25(35)15-6-5-7-16(12-15)26(27,28)29)13-20(14)22-19-9-4-2-3-8-18(19)21-23(30)33-34-24(21)32-22/h5-7,10-13H,2-4,8-9H2,1H3,(H,31,35)(H3,30,32,33,34). The minimum atomic E-state index is -4.52. The number of carbonyl (C=O) groups is 1. The number of hydrogen-bond donors (Lipinski definition) is 3. The molecule has 1 aliphatic rings. The lowest BCUT2D eigenvalue weighted by molar-refractivity contribution is -0.137. The van der Waals surface area contributed by atoms with Crippen molar-refractivity contribution in [3.63, 3.8) is 0 Å². The third kappa shape index (κ3) is 4.34. The maximum Gasteiger partial charge on any atom is 0.416 e. The molecular formula is C26H24F3N5O. The van der Waals surface area contributed by atoms with Gasteiger partial charge in [0.25, 0.3) is 5.91 Å². The Kier molecular flexibility index (Phi) is 5.70. The van der Waals surface area contributed by atoms with Crippen molar-refractivity contribution in [2.45, 2.75) is 45.2 Å². The van der Waals surface area contributed by atoms with Crippen LogP contribution >= 0.6 is 0 Å². The second-order valence-corrected chi connectivity index (χ2v) is 8.87. The highest BCUT2D eigenvalue weighted by atomic mass is 19.4. The van der Waals surface area contributed by atoms with Gasteiger partial charge in [-0.3, -0.25) is 9.89 Å². The van der Waals surface area contributed by atoms with Crippen molar-refractivity contribution in [2.24, 2.45) is 0 Å². The summed E-state index contributed by atoms with van der Waals surface area (Å²) in [5.74, 6) is -0.175. The molecule has 6 nitrogen and oxygen atoms in total. The van der Waals surface area contributed by atoms with Crippen LogP contribution in [0.5, 0.6) is 0 Å². The molecule has 4 N–H and O–H groups in total. The van der Waals surface area contributed by atoms with Crippen molar-refractivity contribution in [1.82, 2.24) is 15.2 Å². The highest BCUT2D eigenvalue weighted by Gasteiger charge is 2.31. The number of H-pyrrole nitrogens is 1. The molecule has 5 rings (SSSR count). The minimum Gasteiger partial charge on any atom is -0.382 e. The van der Waals surface area contributed by atoms with E-state index in [4.69, 9.17) is 10.7 Å². The van der Waals surface area contributed by atoms with Gasteiger partial charge in [-0.2, -0.15) is 18.3 Å². The average Bonchev–Trinajstić information content (AvgIpc) is 3.03. The number of rotatable bonds is 3. The fraction of sp³-hybridized carbons (Fsp3) is 0.269. The van der Waals surface area contributed by atoms with Gasteiger partial charge in [0.05, 0.1) is 16.6 Å². The molecule has 0 saturated carbocycles. The normalized spacial score (nSPS) is 13.9. The Labute approximate surface area is 199 Å². The predicted octanol–water partition coefficient (Wildman–Crippen LogP) is 6.06. The molecule has 1 amide bonds. The summed E-state index contributed by atoms with van der Waals surface area (Å²) in [6, 6.07) is 9.79. The van der Waals surface area contributed by atoms with Gasteiger partial charge in [-0.1, -0.05) is 18.6 Å². The van der Waals surface area contributed by atoms with Gasteiger partial charge in [0.1, 0.15) is 0 Å². The van der Waals surface area contributed by atoms with Crippen LogP contribution in [-0.4, -0.2) is 21.1 Å². The number of carbonyl (C=O) groups excluding carboxylic acids is 1. The minimum absolute atomic E-state index is 0.0664. The molecule has 0 radical (unpaired) electrons. The molecule has 0 saturated heterocycles. The molecule has 4 aromatic rings. The Morgan fingerprint density at radius 1 is 1.06 bits per heavy atom. The molecule has 2 aromatic heterocycles. The van der Waals surface area contributed by atoms with E-state index in [-0.39, 0.29) is 5.56 Å². The van der Waals surface area contributed by atoms with Crippen LogP contribution in [0.4, 0.5) is 24.7 Å². The first-order valence-corrected chi connectivity index (χ1v) is 11.5. The fourth-order valence-electron chi connectivity index (χ4n) is 4.74. The highest BCUT2D eigenvalue weighted by Crippen LogP contribution is 2.37. The molecule has 2 heterocycles. The molecule has 0 atom stereocenters.